The van der Waals surface area contributed by atoms with Gasteiger partial charge >= 0.3 is 0 Å². The monoisotopic (exact) mass is 462 g/mol. The molecule has 0 amide bonds. The van der Waals surface area contributed by atoms with Gasteiger partial charge in [0.1, 0.15) is 11.6 Å². The summed E-state index contributed by atoms with van der Waals surface area (Å²) in [6, 6.07) is 8.51. The summed E-state index contributed by atoms with van der Waals surface area (Å²) in [5.74, 6) is -0.850. The molecule has 1 unspecified atom stereocenters. The van der Waals surface area contributed by atoms with Gasteiger partial charge in [-0.25, -0.2) is 18.7 Å². The zero-order valence-corrected chi connectivity index (χ0v) is 18.5. The van der Waals surface area contributed by atoms with Crippen molar-refractivity contribution in [3.05, 3.63) is 65.5 Å². The van der Waals surface area contributed by atoms with Gasteiger partial charge in [-0.3, -0.25) is 4.68 Å². The van der Waals surface area contributed by atoms with Crippen LogP contribution in [0.3, 0.4) is 0 Å². The molecule has 10 heteroatoms. The van der Waals surface area contributed by atoms with Crippen molar-refractivity contribution in [3.63, 3.8) is 0 Å². The standard InChI is InChI=1S/C21H20F2N6S.ClH/c1-29-19-14(4-3-5-15(19)20(25)28-29)16-10-26-21(30-2)27-18(16)17(24)8-11-6-12(22)9-13(23)7-11;/h3-7,9-10,17H,8,24H2,1-2H3,(H2,25,28);1H. The van der Waals surface area contributed by atoms with Crippen molar-refractivity contribution in [3.8, 4) is 11.1 Å². The summed E-state index contributed by atoms with van der Waals surface area (Å²) in [5.41, 5.74) is 16.0. The fourth-order valence-corrected chi connectivity index (χ4v) is 3.98. The van der Waals surface area contributed by atoms with E-state index in [-0.39, 0.29) is 18.8 Å². The molecule has 6 nitrogen and oxygen atoms in total. The topological polar surface area (TPSA) is 95.6 Å². The molecule has 0 aliphatic rings. The molecule has 1 atom stereocenters. The Hall–Kier alpha value is -2.75. The average Bonchev–Trinajstić information content (AvgIpc) is 3.00. The third kappa shape index (κ3) is 4.48. The van der Waals surface area contributed by atoms with E-state index < -0.39 is 17.7 Å². The summed E-state index contributed by atoms with van der Waals surface area (Å²) < 4.78 is 29.0. The summed E-state index contributed by atoms with van der Waals surface area (Å²) in [7, 11) is 1.81. The molecule has 0 bridgehead atoms. The number of hydrogen-bond donors (Lipinski definition) is 2. The van der Waals surface area contributed by atoms with Gasteiger partial charge in [-0.2, -0.15) is 5.10 Å². The van der Waals surface area contributed by atoms with Crippen LogP contribution in [-0.2, 0) is 13.5 Å². The Labute approximate surface area is 188 Å². The summed E-state index contributed by atoms with van der Waals surface area (Å²) in [6.45, 7) is 0. The molecule has 0 aliphatic heterocycles. The summed E-state index contributed by atoms with van der Waals surface area (Å²) in [6.07, 6.45) is 3.81. The smallest absolute Gasteiger partial charge is 0.187 e. The zero-order chi connectivity index (χ0) is 21.4. The van der Waals surface area contributed by atoms with Gasteiger partial charge in [0.25, 0.3) is 0 Å². The fourth-order valence-electron chi connectivity index (χ4n) is 3.63. The van der Waals surface area contributed by atoms with E-state index in [2.05, 4.69) is 15.1 Å². The van der Waals surface area contributed by atoms with Gasteiger partial charge in [0.05, 0.1) is 17.3 Å². The molecule has 31 heavy (non-hydrogen) atoms. The Balaban J connectivity index is 0.00000272. The van der Waals surface area contributed by atoms with Gasteiger partial charge in [0, 0.05) is 35.8 Å². The first-order valence-corrected chi connectivity index (χ1v) is 10.4. The molecule has 4 aromatic rings. The minimum Gasteiger partial charge on any atom is -0.382 e. The summed E-state index contributed by atoms with van der Waals surface area (Å²) in [5, 5.41) is 5.68. The number of hydrogen-bond acceptors (Lipinski definition) is 6. The first kappa shape index (κ1) is 22.9. The number of benzene rings is 2. The maximum Gasteiger partial charge on any atom is 0.187 e. The SMILES string of the molecule is CSc1ncc(-c2cccc3c(N)nn(C)c23)c(C(N)Cc2cc(F)cc(F)c2)n1.Cl. The van der Waals surface area contributed by atoms with E-state index in [0.29, 0.717) is 22.2 Å². The lowest BCUT2D eigenvalue weighted by Gasteiger charge is -2.17. The van der Waals surface area contributed by atoms with E-state index in [1.165, 1.54) is 23.9 Å². The van der Waals surface area contributed by atoms with Crippen molar-refractivity contribution >= 4 is 40.9 Å². The number of aromatic nitrogens is 4. The Bertz CT molecular complexity index is 1230. The van der Waals surface area contributed by atoms with Crippen LogP contribution < -0.4 is 11.5 Å². The number of halogens is 3. The second kappa shape index (κ2) is 9.17. The highest BCUT2D eigenvalue weighted by atomic mass is 35.5. The molecule has 162 valence electrons. The van der Waals surface area contributed by atoms with Crippen LogP contribution in [-0.4, -0.2) is 26.0 Å². The van der Waals surface area contributed by atoms with Gasteiger partial charge in [0.15, 0.2) is 11.0 Å². The fraction of sp³-hybridized carbons (Fsp3) is 0.190. The van der Waals surface area contributed by atoms with E-state index in [4.69, 9.17) is 11.5 Å². The van der Waals surface area contributed by atoms with Gasteiger partial charge in [-0.15, -0.1) is 12.4 Å². The molecule has 0 saturated heterocycles. The number of anilines is 1. The first-order chi connectivity index (χ1) is 14.4. The van der Waals surface area contributed by atoms with Gasteiger partial charge < -0.3 is 11.5 Å². The van der Waals surface area contributed by atoms with Crippen molar-refractivity contribution in [2.45, 2.75) is 17.6 Å². The highest BCUT2D eigenvalue weighted by Gasteiger charge is 2.20. The van der Waals surface area contributed by atoms with E-state index in [9.17, 15) is 8.78 Å². The van der Waals surface area contributed by atoms with Crippen molar-refractivity contribution in [2.75, 3.05) is 12.0 Å². The normalized spacial score (nSPS) is 12.0. The Morgan fingerprint density at radius 2 is 1.84 bits per heavy atom. The lowest BCUT2D eigenvalue weighted by atomic mass is 9.96. The van der Waals surface area contributed by atoms with Crippen LogP contribution >= 0.6 is 24.2 Å². The Morgan fingerprint density at radius 1 is 1.13 bits per heavy atom. The van der Waals surface area contributed by atoms with Crippen LogP contribution in [0.25, 0.3) is 22.0 Å². The highest BCUT2D eigenvalue weighted by molar-refractivity contribution is 7.98. The van der Waals surface area contributed by atoms with Gasteiger partial charge in [0.2, 0.25) is 0 Å². The molecule has 2 aromatic carbocycles. The maximum absolute atomic E-state index is 13.6. The molecule has 4 rings (SSSR count). The van der Waals surface area contributed by atoms with Gasteiger partial charge in [-0.1, -0.05) is 23.9 Å². The molecule has 0 spiro atoms. The van der Waals surface area contributed by atoms with E-state index in [1.54, 1.807) is 10.9 Å². The molecular formula is C21H21ClF2N6S. The third-order valence-electron chi connectivity index (χ3n) is 4.89. The van der Waals surface area contributed by atoms with Crippen LogP contribution in [0.5, 0.6) is 0 Å². The predicted molar refractivity (Wildman–Crippen MR) is 122 cm³/mol. The van der Waals surface area contributed by atoms with Crippen LogP contribution in [0.15, 0.2) is 47.8 Å². The largest absolute Gasteiger partial charge is 0.382 e. The first-order valence-electron chi connectivity index (χ1n) is 9.20. The van der Waals surface area contributed by atoms with Crippen LogP contribution in [0.4, 0.5) is 14.6 Å². The average molecular weight is 463 g/mol. The van der Waals surface area contributed by atoms with Crippen molar-refractivity contribution in [1.29, 1.82) is 0 Å². The number of para-hydroxylation sites is 1. The second-order valence-electron chi connectivity index (χ2n) is 6.95. The minimum atomic E-state index is -0.639. The van der Waals surface area contributed by atoms with Crippen molar-refractivity contribution in [1.82, 2.24) is 19.7 Å². The van der Waals surface area contributed by atoms with E-state index in [0.717, 1.165) is 28.1 Å². The number of nitrogen functional groups attached to an aromatic ring is 1. The third-order valence-corrected chi connectivity index (χ3v) is 5.45. The molecule has 2 heterocycles. The molecular weight excluding hydrogens is 442 g/mol. The van der Waals surface area contributed by atoms with E-state index >= 15 is 0 Å². The molecule has 0 saturated carbocycles. The number of nitrogens with two attached hydrogens (primary N) is 2. The summed E-state index contributed by atoms with van der Waals surface area (Å²) in [4.78, 5) is 9.04. The molecule has 2 aromatic heterocycles. The van der Waals surface area contributed by atoms with Crippen molar-refractivity contribution < 1.29 is 8.78 Å². The molecule has 0 radical (unpaired) electrons. The quantitative estimate of drug-likeness (QED) is 0.339. The second-order valence-corrected chi connectivity index (χ2v) is 7.73. The highest BCUT2D eigenvalue weighted by Crippen LogP contribution is 2.35. The number of nitrogens with zero attached hydrogens (tertiary/aromatic N) is 4. The number of fused-ring (bicyclic) bond motifs is 1. The Morgan fingerprint density at radius 3 is 2.52 bits per heavy atom. The number of aryl methyl sites for hydroxylation is 1. The maximum atomic E-state index is 13.6. The van der Waals surface area contributed by atoms with Crippen LogP contribution in [0, 0.1) is 11.6 Å². The number of rotatable bonds is 5. The Kier molecular flexibility index (Phi) is 6.78. The zero-order valence-electron chi connectivity index (χ0n) is 16.8. The van der Waals surface area contributed by atoms with E-state index in [1.807, 2.05) is 31.5 Å². The molecule has 0 aliphatic carbocycles. The minimum absolute atomic E-state index is 0. The summed E-state index contributed by atoms with van der Waals surface area (Å²) >= 11 is 1.39. The lowest BCUT2D eigenvalue weighted by molar-refractivity contribution is 0.575. The predicted octanol–water partition coefficient (Wildman–Crippen LogP) is 4.28. The van der Waals surface area contributed by atoms with Gasteiger partial charge in [-0.05, 0) is 36.4 Å². The van der Waals surface area contributed by atoms with Crippen LogP contribution in [0.1, 0.15) is 17.3 Å². The molecule has 0 fully saturated rings. The van der Waals surface area contributed by atoms with Crippen molar-refractivity contribution in [2.24, 2.45) is 12.8 Å². The molecule has 4 N–H and O–H groups in total. The number of thioether (sulfide) groups is 1. The lowest BCUT2D eigenvalue weighted by Crippen LogP contribution is -2.17. The van der Waals surface area contributed by atoms with Crippen LogP contribution in [0.2, 0.25) is 0 Å².